The third-order valence-electron chi connectivity index (χ3n) is 7.09. The van der Waals surface area contributed by atoms with E-state index in [4.69, 9.17) is 4.74 Å². The van der Waals surface area contributed by atoms with E-state index >= 15 is 0 Å². The van der Waals surface area contributed by atoms with Crippen LogP contribution in [-0.4, -0.2) is 60.7 Å². The van der Waals surface area contributed by atoms with E-state index in [0.717, 1.165) is 37.8 Å². The Bertz CT molecular complexity index is 1090. The SMILES string of the molecule is COC(=O)c1ccc(CN2[C@@H]3CC[C@H]2CC(Nc2ccc(OCC(F)(F)C(F)(F)C(F)(F)F)cc2)C3)cc1. The monoisotopic (exact) mass is 548 g/mol. The molecule has 208 valence electrons. The number of nitrogens with zero attached hydrogens (tertiary/aromatic N) is 1. The summed E-state index contributed by atoms with van der Waals surface area (Å²) in [7, 11) is 1.34. The van der Waals surface area contributed by atoms with E-state index in [1.165, 1.54) is 31.4 Å². The molecule has 2 fully saturated rings. The molecule has 2 saturated heterocycles. The fourth-order valence-electron chi connectivity index (χ4n) is 5.08. The molecule has 2 aliphatic rings. The first-order valence-corrected chi connectivity index (χ1v) is 12.1. The number of ether oxygens (including phenoxy) is 2. The number of carbonyl (C=O) groups excluding carboxylic acids is 1. The van der Waals surface area contributed by atoms with Gasteiger partial charge in [0, 0.05) is 30.4 Å². The van der Waals surface area contributed by atoms with Gasteiger partial charge in [0.15, 0.2) is 6.61 Å². The van der Waals surface area contributed by atoms with Crippen LogP contribution < -0.4 is 10.1 Å². The highest BCUT2D eigenvalue weighted by atomic mass is 19.4. The molecule has 2 aliphatic heterocycles. The number of halogens is 7. The molecule has 38 heavy (non-hydrogen) atoms. The number of alkyl halides is 7. The second-order valence-electron chi connectivity index (χ2n) is 9.65. The summed E-state index contributed by atoms with van der Waals surface area (Å²) in [5, 5.41) is 3.39. The quantitative estimate of drug-likeness (QED) is 0.295. The molecule has 2 heterocycles. The van der Waals surface area contributed by atoms with Crippen molar-refractivity contribution >= 4 is 11.7 Å². The van der Waals surface area contributed by atoms with Crippen LogP contribution in [0.5, 0.6) is 5.75 Å². The van der Waals surface area contributed by atoms with E-state index in [9.17, 15) is 35.5 Å². The van der Waals surface area contributed by atoms with Gasteiger partial charge in [-0.15, -0.1) is 0 Å². The zero-order valence-corrected chi connectivity index (χ0v) is 20.4. The molecule has 0 aliphatic carbocycles. The average Bonchev–Trinajstić information content (AvgIpc) is 3.09. The van der Waals surface area contributed by atoms with Gasteiger partial charge >= 0.3 is 24.0 Å². The molecule has 0 saturated carbocycles. The van der Waals surface area contributed by atoms with Gasteiger partial charge in [-0.05, 0) is 67.6 Å². The second kappa shape index (κ2) is 10.6. The maximum absolute atomic E-state index is 13.5. The summed E-state index contributed by atoms with van der Waals surface area (Å²) in [6.45, 7) is -1.35. The van der Waals surface area contributed by atoms with Crippen LogP contribution >= 0.6 is 0 Å². The van der Waals surface area contributed by atoms with Crippen molar-refractivity contribution in [2.24, 2.45) is 0 Å². The molecule has 2 bridgehead atoms. The lowest BCUT2D eigenvalue weighted by Crippen LogP contribution is -2.54. The Kier molecular flexibility index (Phi) is 7.83. The highest BCUT2D eigenvalue weighted by Crippen LogP contribution is 2.46. The largest absolute Gasteiger partial charge is 0.487 e. The lowest BCUT2D eigenvalue weighted by atomic mass is 9.96. The van der Waals surface area contributed by atoms with Crippen molar-refractivity contribution in [3.63, 3.8) is 0 Å². The molecule has 1 unspecified atom stereocenters. The molecule has 12 heteroatoms. The minimum Gasteiger partial charge on any atom is -0.487 e. The van der Waals surface area contributed by atoms with E-state index < -0.39 is 24.6 Å². The van der Waals surface area contributed by atoms with Crippen molar-refractivity contribution in [3.8, 4) is 5.75 Å². The first-order valence-electron chi connectivity index (χ1n) is 12.1. The van der Waals surface area contributed by atoms with Crippen molar-refractivity contribution in [2.75, 3.05) is 19.0 Å². The van der Waals surface area contributed by atoms with Crippen LogP contribution in [0, 0.1) is 0 Å². The van der Waals surface area contributed by atoms with E-state index in [2.05, 4.69) is 15.0 Å². The molecule has 5 nitrogen and oxygen atoms in total. The summed E-state index contributed by atoms with van der Waals surface area (Å²) in [5.41, 5.74) is 2.24. The van der Waals surface area contributed by atoms with E-state index in [1.807, 2.05) is 12.1 Å². The number of piperidine rings is 1. The molecule has 3 atom stereocenters. The zero-order valence-electron chi connectivity index (χ0n) is 20.4. The molecule has 2 aromatic rings. The lowest BCUT2D eigenvalue weighted by Gasteiger charge is -2.39. The Morgan fingerprint density at radius 2 is 1.50 bits per heavy atom. The Morgan fingerprint density at radius 3 is 2.03 bits per heavy atom. The third-order valence-corrected chi connectivity index (χ3v) is 7.09. The maximum atomic E-state index is 13.5. The summed E-state index contributed by atoms with van der Waals surface area (Å²) in [6, 6.07) is 13.7. The predicted octanol–water partition coefficient (Wildman–Crippen LogP) is 6.29. The number of carbonyl (C=O) groups is 1. The molecule has 2 aromatic carbocycles. The Morgan fingerprint density at radius 1 is 0.921 bits per heavy atom. The number of fused-ring (bicyclic) bond motifs is 2. The highest BCUT2D eigenvalue weighted by Gasteiger charge is 2.73. The van der Waals surface area contributed by atoms with E-state index in [1.54, 1.807) is 12.1 Å². The molecular weight excluding hydrogens is 521 g/mol. The molecule has 0 spiro atoms. The van der Waals surface area contributed by atoms with Crippen LogP contribution in [0.3, 0.4) is 0 Å². The van der Waals surface area contributed by atoms with Crippen LogP contribution in [0.2, 0.25) is 0 Å². The fraction of sp³-hybridized carbons (Fsp3) is 0.500. The number of rotatable bonds is 9. The molecule has 0 aromatic heterocycles. The van der Waals surface area contributed by atoms with Crippen LogP contribution in [-0.2, 0) is 11.3 Å². The summed E-state index contributed by atoms with van der Waals surface area (Å²) in [5.74, 6) is -12.3. The Labute approximate surface area is 214 Å². The number of esters is 1. The zero-order chi connectivity index (χ0) is 27.7. The van der Waals surface area contributed by atoms with Gasteiger partial charge in [0.2, 0.25) is 0 Å². The van der Waals surface area contributed by atoms with Crippen LogP contribution in [0.4, 0.5) is 36.4 Å². The smallest absolute Gasteiger partial charge is 0.460 e. The first-order chi connectivity index (χ1) is 17.8. The number of nitrogens with one attached hydrogen (secondary N) is 1. The maximum Gasteiger partial charge on any atom is 0.460 e. The number of benzene rings is 2. The minimum atomic E-state index is -6.39. The van der Waals surface area contributed by atoms with Gasteiger partial charge in [-0.2, -0.15) is 30.7 Å². The Hall–Kier alpha value is -3.02. The van der Waals surface area contributed by atoms with Gasteiger partial charge in [0.25, 0.3) is 0 Å². The minimum absolute atomic E-state index is 0.145. The van der Waals surface area contributed by atoms with Gasteiger partial charge < -0.3 is 14.8 Å². The topological polar surface area (TPSA) is 50.8 Å². The van der Waals surface area contributed by atoms with E-state index in [0.29, 0.717) is 23.3 Å². The standard InChI is InChI=1S/C26H27F7N2O3/c1-37-23(36)17-4-2-16(3-5-17)14-35-20-8-9-21(35)13-19(12-20)34-18-6-10-22(11-7-18)38-15-24(27,28)25(29,30)26(31,32)33/h2-7,10-11,19-21,34H,8-9,12-15H2,1H3/t19?,20-,21+. The number of anilines is 1. The normalized spacial score (nSPS) is 22.3. The number of hydrogen-bond donors (Lipinski definition) is 1. The number of hydrogen-bond acceptors (Lipinski definition) is 5. The van der Waals surface area contributed by atoms with Crippen LogP contribution in [0.1, 0.15) is 41.6 Å². The Balaban J connectivity index is 1.29. The van der Waals surface area contributed by atoms with Crippen molar-refractivity contribution in [3.05, 3.63) is 59.7 Å². The number of methoxy groups -OCH3 is 1. The predicted molar refractivity (Wildman–Crippen MR) is 125 cm³/mol. The van der Waals surface area contributed by atoms with Gasteiger partial charge in [-0.1, -0.05) is 12.1 Å². The average molecular weight is 548 g/mol. The first kappa shape index (κ1) is 28.0. The molecule has 0 radical (unpaired) electrons. The van der Waals surface area contributed by atoms with Crippen molar-refractivity contribution in [1.82, 2.24) is 4.90 Å². The van der Waals surface area contributed by atoms with Crippen molar-refractivity contribution in [2.45, 2.75) is 68.4 Å². The van der Waals surface area contributed by atoms with Crippen LogP contribution in [0.25, 0.3) is 0 Å². The van der Waals surface area contributed by atoms with Gasteiger partial charge in [-0.25, -0.2) is 4.79 Å². The van der Waals surface area contributed by atoms with Gasteiger partial charge in [0.05, 0.1) is 12.7 Å². The molecule has 4 rings (SSSR count). The van der Waals surface area contributed by atoms with Crippen molar-refractivity contribution in [1.29, 1.82) is 0 Å². The summed E-state index contributed by atoms with van der Waals surface area (Å²) >= 11 is 0. The summed E-state index contributed by atoms with van der Waals surface area (Å²) in [4.78, 5) is 14.1. The highest BCUT2D eigenvalue weighted by molar-refractivity contribution is 5.89. The molecule has 1 N–H and O–H groups in total. The van der Waals surface area contributed by atoms with E-state index in [-0.39, 0.29) is 17.8 Å². The third kappa shape index (κ3) is 5.84. The molecule has 0 amide bonds. The van der Waals surface area contributed by atoms with Crippen LogP contribution in [0.15, 0.2) is 48.5 Å². The van der Waals surface area contributed by atoms with Gasteiger partial charge in [0.1, 0.15) is 5.75 Å². The summed E-state index contributed by atoms with van der Waals surface area (Å²) < 4.78 is 99.0. The second-order valence-corrected chi connectivity index (χ2v) is 9.65. The summed E-state index contributed by atoms with van der Waals surface area (Å²) in [6.07, 6.45) is -2.56. The fourth-order valence-corrected chi connectivity index (χ4v) is 5.08. The molecular formula is C26H27F7N2O3. The lowest BCUT2D eigenvalue weighted by molar-refractivity contribution is -0.358. The van der Waals surface area contributed by atoms with Crippen molar-refractivity contribution < 1.29 is 45.0 Å². The van der Waals surface area contributed by atoms with Gasteiger partial charge in [-0.3, -0.25) is 4.90 Å².